The smallest absolute Gasteiger partial charge is 0.164 e. The zero-order chi connectivity index (χ0) is 31.6. The zero-order valence-corrected chi connectivity index (χ0v) is 26.3. The molecule has 0 atom stereocenters. The Morgan fingerprint density at radius 2 is 1.10 bits per heavy atom. The van der Waals surface area contributed by atoms with Crippen LogP contribution >= 0.6 is 11.3 Å². The molecule has 0 radical (unpaired) electrons. The monoisotopic (exact) mass is 632 g/mol. The molecule has 0 unspecified atom stereocenters. The number of benzene rings is 6. The molecule has 0 saturated heterocycles. The van der Waals surface area contributed by atoms with Crippen LogP contribution in [0.5, 0.6) is 0 Å². The van der Waals surface area contributed by atoms with Crippen LogP contribution in [0, 0.1) is 0 Å². The Kier molecular flexibility index (Phi) is 5.98. The summed E-state index contributed by atoms with van der Waals surface area (Å²) in [7, 11) is 0. The number of para-hydroxylation sites is 1. The van der Waals surface area contributed by atoms with E-state index in [1.54, 1.807) is 11.3 Å². The summed E-state index contributed by atoms with van der Waals surface area (Å²) in [6.07, 6.45) is 0. The van der Waals surface area contributed by atoms with Gasteiger partial charge in [-0.25, -0.2) is 19.9 Å². The number of fused-ring (bicyclic) bond motifs is 7. The molecule has 0 spiro atoms. The first-order valence-corrected chi connectivity index (χ1v) is 16.6. The van der Waals surface area contributed by atoms with E-state index < -0.39 is 0 Å². The highest BCUT2D eigenvalue weighted by Gasteiger charge is 2.23. The predicted octanol–water partition coefficient (Wildman–Crippen LogP) is 11.4. The third kappa shape index (κ3) is 4.24. The van der Waals surface area contributed by atoms with Crippen molar-refractivity contribution in [2.24, 2.45) is 0 Å². The van der Waals surface area contributed by atoms with Crippen LogP contribution in [0.25, 0.3) is 98.4 Å². The molecule has 0 aliphatic rings. The van der Waals surface area contributed by atoms with Crippen LogP contribution in [0.15, 0.2) is 150 Å². The van der Waals surface area contributed by atoms with Crippen LogP contribution in [0.4, 0.5) is 0 Å². The summed E-state index contributed by atoms with van der Waals surface area (Å²) >= 11 is 1.78. The summed E-state index contributed by atoms with van der Waals surface area (Å²) in [5.74, 6) is 1.80. The van der Waals surface area contributed by atoms with Crippen molar-refractivity contribution in [2.75, 3.05) is 0 Å². The van der Waals surface area contributed by atoms with Crippen molar-refractivity contribution in [3.63, 3.8) is 0 Å². The van der Waals surface area contributed by atoms with E-state index >= 15 is 0 Å². The molecule has 0 aliphatic heterocycles. The van der Waals surface area contributed by atoms with E-state index in [1.807, 2.05) is 66.7 Å². The third-order valence-corrected chi connectivity index (χ3v) is 10.1. The van der Waals surface area contributed by atoms with Crippen molar-refractivity contribution in [2.45, 2.75) is 0 Å². The van der Waals surface area contributed by atoms with E-state index in [0.717, 1.165) is 66.2 Å². The van der Waals surface area contributed by atoms with Crippen molar-refractivity contribution < 1.29 is 4.42 Å². The lowest BCUT2D eigenvalue weighted by Crippen LogP contribution is -2.01. The summed E-state index contributed by atoms with van der Waals surface area (Å²) in [6.45, 7) is 0. The van der Waals surface area contributed by atoms with Gasteiger partial charge >= 0.3 is 0 Å². The molecule has 6 aromatic carbocycles. The maximum atomic E-state index is 6.70. The summed E-state index contributed by atoms with van der Waals surface area (Å²) in [6, 6.07) is 49.7. The Hall–Kier alpha value is -6.24. The van der Waals surface area contributed by atoms with E-state index in [-0.39, 0.29) is 0 Å². The molecule has 0 bridgehead atoms. The molecule has 0 N–H and O–H groups in total. The Morgan fingerprint density at radius 3 is 1.94 bits per heavy atom. The van der Waals surface area contributed by atoms with Gasteiger partial charge in [0.2, 0.25) is 0 Å². The molecule has 6 heteroatoms. The number of rotatable bonds is 4. The van der Waals surface area contributed by atoms with Gasteiger partial charge in [0.1, 0.15) is 11.1 Å². The molecule has 4 heterocycles. The lowest BCUT2D eigenvalue weighted by Gasteiger charge is -2.11. The van der Waals surface area contributed by atoms with Crippen molar-refractivity contribution in [3.8, 4) is 45.3 Å². The quantitative estimate of drug-likeness (QED) is 0.193. The van der Waals surface area contributed by atoms with Crippen LogP contribution in [-0.2, 0) is 0 Å². The van der Waals surface area contributed by atoms with E-state index in [0.29, 0.717) is 17.5 Å². The number of pyridine rings is 1. The second-order valence-corrected chi connectivity index (χ2v) is 12.9. The maximum absolute atomic E-state index is 6.70. The molecule has 10 rings (SSSR count). The standard InChI is InChI=1S/C42H24N4OS/c1-3-12-25(13-4-1)28-22-23-31(37-38-33(47-39(28)37)24-27-16-7-9-19-32(27)43-38)42-45-40(26-14-5-2-6-15-26)44-41(46-42)30-18-11-21-35-36(30)29-17-8-10-20-34(29)48-35/h1-24H. The second kappa shape index (κ2) is 10.7. The van der Waals surface area contributed by atoms with Crippen molar-refractivity contribution >= 4 is 64.5 Å². The number of nitrogens with zero attached hydrogens (tertiary/aromatic N) is 4. The summed E-state index contributed by atoms with van der Waals surface area (Å²) in [5, 5.41) is 4.26. The minimum Gasteiger partial charge on any atom is -0.454 e. The lowest BCUT2D eigenvalue weighted by molar-refractivity contribution is 0.670. The van der Waals surface area contributed by atoms with E-state index in [2.05, 4.69) is 78.9 Å². The van der Waals surface area contributed by atoms with Gasteiger partial charge in [-0.3, -0.25) is 0 Å². The first kappa shape index (κ1) is 26.9. The predicted molar refractivity (Wildman–Crippen MR) is 197 cm³/mol. The minimum absolute atomic E-state index is 0.567. The van der Waals surface area contributed by atoms with Gasteiger partial charge in [0.05, 0.1) is 10.9 Å². The van der Waals surface area contributed by atoms with Crippen molar-refractivity contribution in [3.05, 3.63) is 146 Å². The summed E-state index contributed by atoms with van der Waals surface area (Å²) in [4.78, 5) is 20.7. The van der Waals surface area contributed by atoms with Gasteiger partial charge in [-0.2, -0.15) is 0 Å². The fourth-order valence-electron chi connectivity index (χ4n) is 6.71. The molecule has 10 aromatic rings. The van der Waals surface area contributed by atoms with Gasteiger partial charge in [-0.1, -0.05) is 109 Å². The molecular formula is C42H24N4OS. The first-order chi connectivity index (χ1) is 23.8. The molecule has 224 valence electrons. The van der Waals surface area contributed by atoms with Crippen LogP contribution in [0.1, 0.15) is 0 Å². The van der Waals surface area contributed by atoms with Crippen LogP contribution in [0.2, 0.25) is 0 Å². The number of thiophene rings is 1. The largest absolute Gasteiger partial charge is 0.454 e. The Bertz CT molecular complexity index is 2840. The molecule has 4 aromatic heterocycles. The number of furan rings is 1. The van der Waals surface area contributed by atoms with Crippen LogP contribution < -0.4 is 0 Å². The summed E-state index contributed by atoms with van der Waals surface area (Å²) in [5.41, 5.74) is 7.96. The van der Waals surface area contributed by atoms with Gasteiger partial charge in [0.25, 0.3) is 0 Å². The normalized spacial score (nSPS) is 11.8. The fourth-order valence-corrected chi connectivity index (χ4v) is 7.84. The van der Waals surface area contributed by atoms with Gasteiger partial charge in [0, 0.05) is 47.8 Å². The van der Waals surface area contributed by atoms with E-state index in [1.165, 1.54) is 14.8 Å². The third-order valence-electron chi connectivity index (χ3n) is 8.93. The SMILES string of the molecule is c1ccc(-c2nc(-c3cccc4sc5ccccc5c34)nc(-c3ccc(-c4ccccc4)c4oc5cc6ccccc6nc5c34)n2)cc1. The fraction of sp³-hybridized carbons (Fsp3) is 0. The first-order valence-electron chi connectivity index (χ1n) is 15.8. The van der Waals surface area contributed by atoms with Crippen LogP contribution in [-0.4, -0.2) is 19.9 Å². The van der Waals surface area contributed by atoms with E-state index in [9.17, 15) is 0 Å². The average Bonchev–Trinajstić information content (AvgIpc) is 3.72. The van der Waals surface area contributed by atoms with Gasteiger partial charge < -0.3 is 4.42 Å². The molecular weight excluding hydrogens is 609 g/mol. The molecule has 0 fully saturated rings. The number of aromatic nitrogens is 4. The Balaban J connectivity index is 1.30. The Morgan fingerprint density at radius 1 is 0.458 bits per heavy atom. The summed E-state index contributed by atoms with van der Waals surface area (Å²) < 4.78 is 9.13. The second-order valence-electron chi connectivity index (χ2n) is 11.8. The molecule has 0 saturated carbocycles. The molecule has 0 amide bonds. The van der Waals surface area contributed by atoms with Gasteiger partial charge in [-0.15, -0.1) is 11.3 Å². The molecule has 48 heavy (non-hydrogen) atoms. The van der Waals surface area contributed by atoms with Gasteiger partial charge in [-0.05, 0) is 42.0 Å². The Labute approximate surface area is 278 Å². The van der Waals surface area contributed by atoms with Gasteiger partial charge in [0.15, 0.2) is 23.1 Å². The van der Waals surface area contributed by atoms with Crippen LogP contribution in [0.3, 0.4) is 0 Å². The minimum atomic E-state index is 0.567. The van der Waals surface area contributed by atoms with E-state index in [4.69, 9.17) is 24.4 Å². The molecule has 5 nitrogen and oxygen atoms in total. The topological polar surface area (TPSA) is 64.7 Å². The van der Waals surface area contributed by atoms with Crippen molar-refractivity contribution in [1.82, 2.24) is 19.9 Å². The lowest BCUT2D eigenvalue weighted by atomic mass is 9.99. The average molecular weight is 633 g/mol. The molecule has 0 aliphatic carbocycles. The highest BCUT2D eigenvalue weighted by Crippen LogP contribution is 2.43. The highest BCUT2D eigenvalue weighted by atomic mass is 32.1. The number of hydrogen-bond acceptors (Lipinski definition) is 6. The highest BCUT2D eigenvalue weighted by molar-refractivity contribution is 7.25. The van der Waals surface area contributed by atoms with Crippen molar-refractivity contribution in [1.29, 1.82) is 0 Å². The zero-order valence-electron chi connectivity index (χ0n) is 25.5. The number of hydrogen-bond donors (Lipinski definition) is 0. The maximum Gasteiger partial charge on any atom is 0.164 e.